The van der Waals surface area contributed by atoms with Crippen LogP contribution in [0.15, 0.2) is 24.3 Å². The van der Waals surface area contributed by atoms with Crippen molar-refractivity contribution in [3.63, 3.8) is 0 Å². The summed E-state index contributed by atoms with van der Waals surface area (Å²) in [6.07, 6.45) is 0.240. The number of thiazole rings is 1. The van der Waals surface area contributed by atoms with E-state index in [2.05, 4.69) is 4.98 Å². The van der Waals surface area contributed by atoms with E-state index < -0.39 is 6.10 Å². The Hall–Kier alpha value is -0.970. The fourth-order valence-corrected chi connectivity index (χ4v) is 2.61. The molecule has 1 N–H and O–H groups in total. The molecule has 0 radical (unpaired) electrons. The summed E-state index contributed by atoms with van der Waals surface area (Å²) in [5.41, 5.74) is 1.00. The monoisotopic (exact) mass is 251 g/mol. The number of fused-ring (bicyclic) bond motifs is 1. The van der Waals surface area contributed by atoms with E-state index in [1.165, 1.54) is 4.70 Å². The first kappa shape index (κ1) is 12.5. The second kappa shape index (κ2) is 5.58. The minimum Gasteiger partial charge on any atom is -0.390 e. The van der Waals surface area contributed by atoms with Gasteiger partial charge < -0.3 is 9.84 Å². The number of para-hydroxylation sites is 1. The molecule has 1 aromatic heterocycles. The van der Waals surface area contributed by atoms with E-state index in [9.17, 15) is 5.11 Å². The molecule has 0 amide bonds. The first-order valence-corrected chi connectivity index (χ1v) is 6.61. The zero-order valence-electron chi connectivity index (χ0n) is 10.1. The topological polar surface area (TPSA) is 42.4 Å². The Morgan fingerprint density at radius 2 is 2.12 bits per heavy atom. The Balaban J connectivity index is 1.98. The van der Waals surface area contributed by atoms with Crippen LogP contribution in [0, 0.1) is 0 Å². The number of ether oxygens (including phenoxy) is 1. The van der Waals surface area contributed by atoms with Crippen molar-refractivity contribution in [2.75, 3.05) is 6.61 Å². The van der Waals surface area contributed by atoms with Gasteiger partial charge in [-0.25, -0.2) is 4.98 Å². The molecule has 2 rings (SSSR count). The van der Waals surface area contributed by atoms with Crippen LogP contribution in [-0.4, -0.2) is 28.9 Å². The second-order valence-corrected chi connectivity index (χ2v) is 5.43. The Morgan fingerprint density at radius 1 is 1.35 bits per heavy atom. The van der Waals surface area contributed by atoms with Crippen molar-refractivity contribution in [1.29, 1.82) is 0 Å². The molecule has 0 aliphatic carbocycles. The average Bonchev–Trinajstić information content (AvgIpc) is 2.68. The molecule has 0 aliphatic heterocycles. The third-order valence-corrected chi connectivity index (χ3v) is 3.43. The van der Waals surface area contributed by atoms with Crippen LogP contribution in [0.25, 0.3) is 10.2 Å². The van der Waals surface area contributed by atoms with E-state index in [0.29, 0.717) is 13.0 Å². The van der Waals surface area contributed by atoms with Crippen LogP contribution in [0.4, 0.5) is 0 Å². The van der Waals surface area contributed by atoms with Gasteiger partial charge in [0.15, 0.2) is 0 Å². The van der Waals surface area contributed by atoms with E-state index in [-0.39, 0.29) is 6.10 Å². The number of aromatic nitrogens is 1. The number of nitrogens with zero attached hydrogens (tertiary/aromatic N) is 1. The van der Waals surface area contributed by atoms with Crippen molar-refractivity contribution in [1.82, 2.24) is 4.98 Å². The maximum Gasteiger partial charge on any atom is 0.0965 e. The molecule has 0 spiro atoms. The molecule has 3 nitrogen and oxygen atoms in total. The normalized spacial score (nSPS) is 13.4. The smallest absolute Gasteiger partial charge is 0.0965 e. The summed E-state index contributed by atoms with van der Waals surface area (Å²) in [4.78, 5) is 4.48. The van der Waals surface area contributed by atoms with Gasteiger partial charge in [-0.3, -0.25) is 0 Å². The molecular weight excluding hydrogens is 234 g/mol. The van der Waals surface area contributed by atoms with Gasteiger partial charge >= 0.3 is 0 Å². The first-order valence-electron chi connectivity index (χ1n) is 5.79. The lowest BCUT2D eigenvalue weighted by Crippen LogP contribution is -2.20. The van der Waals surface area contributed by atoms with Gasteiger partial charge in [-0.2, -0.15) is 0 Å². The average molecular weight is 251 g/mol. The quantitative estimate of drug-likeness (QED) is 0.888. The first-order chi connectivity index (χ1) is 8.15. The van der Waals surface area contributed by atoms with Crippen molar-refractivity contribution in [2.45, 2.75) is 32.5 Å². The number of rotatable bonds is 5. The zero-order chi connectivity index (χ0) is 12.3. The van der Waals surface area contributed by atoms with Crippen LogP contribution in [0.5, 0.6) is 0 Å². The highest BCUT2D eigenvalue weighted by Gasteiger charge is 2.10. The summed E-state index contributed by atoms with van der Waals surface area (Å²) in [5, 5.41) is 10.8. The summed E-state index contributed by atoms with van der Waals surface area (Å²) in [7, 11) is 0. The SMILES string of the molecule is CC(C)OCC(O)Cc1nc2ccccc2s1. The Bertz CT molecular complexity index is 448. The van der Waals surface area contributed by atoms with Crippen molar-refractivity contribution in [3.05, 3.63) is 29.3 Å². The molecule has 0 bridgehead atoms. The fourth-order valence-electron chi connectivity index (χ4n) is 1.57. The predicted molar refractivity (Wildman–Crippen MR) is 70.4 cm³/mol. The highest BCUT2D eigenvalue weighted by atomic mass is 32.1. The summed E-state index contributed by atoms with van der Waals surface area (Å²) < 4.78 is 6.54. The van der Waals surface area contributed by atoms with Gasteiger partial charge in [0.2, 0.25) is 0 Å². The predicted octanol–water partition coefficient (Wildman–Crippen LogP) is 2.62. The molecule has 0 saturated heterocycles. The summed E-state index contributed by atoms with van der Waals surface area (Å²) >= 11 is 1.63. The van der Waals surface area contributed by atoms with E-state index in [1.54, 1.807) is 11.3 Å². The number of hydrogen-bond acceptors (Lipinski definition) is 4. The van der Waals surface area contributed by atoms with Crippen molar-refractivity contribution in [2.24, 2.45) is 0 Å². The lowest BCUT2D eigenvalue weighted by molar-refractivity contribution is 0.00621. The van der Waals surface area contributed by atoms with Crippen molar-refractivity contribution < 1.29 is 9.84 Å². The van der Waals surface area contributed by atoms with Crippen molar-refractivity contribution in [3.8, 4) is 0 Å². The number of hydrogen-bond donors (Lipinski definition) is 1. The van der Waals surface area contributed by atoms with Gasteiger partial charge in [0.25, 0.3) is 0 Å². The molecule has 1 heterocycles. The highest BCUT2D eigenvalue weighted by Crippen LogP contribution is 2.22. The fraction of sp³-hybridized carbons (Fsp3) is 0.462. The molecule has 1 unspecified atom stereocenters. The van der Waals surface area contributed by atoms with Crippen LogP contribution >= 0.6 is 11.3 Å². The highest BCUT2D eigenvalue weighted by molar-refractivity contribution is 7.18. The maximum absolute atomic E-state index is 9.82. The lowest BCUT2D eigenvalue weighted by Gasteiger charge is -2.11. The zero-order valence-corrected chi connectivity index (χ0v) is 10.9. The third kappa shape index (κ3) is 3.49. The lowest BCUT2D eigenvalue weighted by atomic mass is 10.3. The molecule has 1 aromatic carbocycles. The van der Waals surface area contributed by atoms with E-state index in [4.69, 9.17) is 4.74 Å². The summed E-state index contributed by atoms with van der Waals surface area (Å²) in [5.74, 6) is 0. The molecule has 92 valence electrons. The molecule has 4 heteroatoms. The van der Waals surface area contributed by atoms with E-state index in [1.807, 2.05) is 38.1 Å². The Labute approximate surface area is 105 Å². The minimum absolute atomic E-state index is 0.153. The maximum atomic E-state index is 9.82. The van der Waals surface area contributed by atoms with Crippen LogP contribution < -0.4 is 0 Å². The van der Waals surface area contributed by atoms with Gasteiger partial charge in [-0.1, -0.05) is 12.1 Å². The molecular formula is C13H17NO2S. The van der Waals surface area contributed by atoms with Crippen LogP contribution in [0.1, 0.15) is 18.9 Å². The Kier molecular flexibility index (Phi) is 4.10. The molecule has 0 fully saturated rings. The van der Waals surface area contributed by atoms with E-state index >= 15 is 0 Å². The van der Waals surface area contributed by atoms with Gasteiger partial charge in [0.1, 0.15) is 0 Å². The largest absolute Gasteiger partial charge is 0.390 e. The van der Waals surface area contributed by atoms with Crippen LogP contribution in [-0.2, 0) is 11.2 Å². The van der Waals surface area contributed by atoms with Gasteiger partial charge in [0.05, 0.1) is 34.0 Å². The number of aliphatic hydroxyl groups is 1. The third-order valence-electron chi connectivity index (χ3n) is 2.37. The summed E-state index contributed by atoms with van der Waals surface area (Å²) in [6.45, 7) is 4.29. The van der Waals surface area contributed by atoms with Gasteiger partial charge in [-0.15, -0.1) is 11.3 Å². The standard InChI is InChI=1S/C13H17NO2S/c1-9(2)16-8-10(15)7-13-14-11-5-3-4-6-12(11)17-13/h3-6,9-10,15H,7-8H2,1-2H3. The molecule has 17 heavy (non-hydrogen) atoms. The number of benzene rings is 1. The molecule has 2 aromatic rings. The Morgan fingerprint density at radius 3 is 2.82 bits per heavy atom. The van der Waals surface area contributed by atoms with Crippen LogP contribution in [0.2, 0.25) is 0 Å². The van der Waals surface area contributed by atoms with Gasteiger partial charge in [0, 0.05) is 6.42 Å². The molecule has 0 aliphatic rings. The second-order valence-electron chi connectivity index (χ2n) is 4.32. The summed E-state index contributed by atoms with van der Waals surface area (Å²) in [6, 6.07) is 8.02. The van der Waals surface area contributed by atoms with Crippen molar-refractivity contribution >= 4 is 21.6 Å². The number of aliphatic hydroxyl groups excluding tert-OH is 1. The molecule has 0 saturated carbocycles. The molecule has 1 atom stereocenters. The van der Waals surface area contributed by atoms with E-state index in [0.717, 1.165) is 10.5 Å². The van der Waals surface area contributed by atoms with Gasteiger partial charge in [-0.05, 0) is 26.0 Å². The van der Waals surface area contributed by atoms with Crippen LogP contribution in [0.3, 0.4) is 0 Å². The minimum atomic E-state index is -0.474.